The highest BCUT2D eigenvalue weighted by atomic mass is 35.5. The maximum absolute atomic E-state index is 12.4. The van der Waals surface area contributed by atoms with E-state index in [1.807, 2.05) is 31.2 Å². The second-order valence-corrected chi connectivity index (χ2v) is 18.1. The molecule has 0 aliphatic carbocycles. The van der Waals surface area contributed by atoms with Crippen LogP contribution in [0, 0.1) is 6.92 Å². The molecule has 45 heavy (non-hydrogen) atoms. The Morgan fingerprint density at radius 2 is 1.84 bits per heavy atom. The first-order valence-corrected chi connectivity index (χ1v) is 18.4. The lowest BCUT2D eigenvalue weighted by Gasteiger charge is -2.26. The topological polar surface area (TPSA) is 159 Å². The number of nitrogens with two attached hydrogens (primary N) is 1. The Bertz CT molecular complexity index is 1970. The van der Waals surface area contributed by atoms with Crippen LogP contribution in [0.2, 0.25) is 30.7 Å². The minimum atomic E-state index is -1.34. The number of pyridine rings is 1. The van der Waals surface area contributed by atoms with Crippen molar-refractivity contribution in [2.24, 2.45) is 5.73 Å². The van der Waals surface area contributed by atoms with Crippen LogP contribution in [0.3, 0.4) is 0 Å². The van der Waals surface area contributed by atoms with Crippen molar-refractivity contribution in [3.05, 3.63) is 88.2 Å². The molecule has 5 aromatic rings. The predicted molar refractivity (Wildman–Crippen MR) is 181 cm³/mol. The maximum atomic E-state index is 12.4. The number of carboxylic acids is 1. The van der Waals surface area contributed by atoms with Crippen LogP contribution >= 0.6 is 11.6 Å². The van der Waals surface area contributed by atoms with E-state index in [-0.39, 0.29) is 17.8 Å². The molecule has 233 valence electrons. The fraction of sp³-hybridized carbons (Fsp3) is 0.212. The number of carbonyl (C=O) groups is 3. The van der Waals surface area contributed by atoms with Gasteiger partial charge in [0.05, 0.1) is 17.7 Å². The Morgan fingerprint density at radius 1 is 1.07 bits per heavy atom. The lowest BCUT2D eigenvalue weighted by molar-refractivity contribution is 0.0695. The number of H-pyrrole nitrogens is 1. The van der Waals surface area contributed by atoms with E-state index < -0.39 is 26.0 Å². The number of halogens is 1. The van der Waals surface area contributed by atoms with Gasteiger partial charge in [-0.05, 0) is 53.9 Å². The Morgan fingerprint density at radius 3 is 2.56 bits per heavy atom. The first-order valence-electron chi connectivity index (χ1n) is 14.4. The van der Waals surface area contributed by atoms with E-state index >= 15 is 0 Å². The van der Waals surface area contributed by atoms with Gasteiger partial charge in [0.25, 0.3) is 5.91 Å². The number of nitrogens with one attached hydrogen (secondary N) is 3. The molecule has 0 radical (unpaired) electrons. The average molecular weight is 644 g/mol. The van der Waals surface area contributed by atoms with Gasteiger partial charge in [-0.15, -0.1) is 14.1 Å². The number of benzene rings is 3. The molecule has 10 nitrogen and oxygen atoms in total. The lowest BCUT2D eigenvalue weighted by Crippen LogP contribution is -2.24. The molecule has 0 spiro atoms. The number of rotatable bonds is 10. The molecule has 0 aliphatic heterocycles. The van der Waals surface area contributed by atoms with Crippen LogP contribution in [0.15, 0.2) is 60.8 Å². The number of aromatic amines is 1. The van der Waals surface area contributed by atoms with Crippen LogP contribution in [-0.2, 0) is 11.3 Å². The highest BCUT2D eigenvalue weighted by Crippen LogP contribution is 2.39. The molecule has 5 rings (SSSR count). The Hall–Kier alpha value is -4.87. The molecular weight excluding hydrogens is 610 g/mol. The van der Waals surface area contributed by atoms with Gasteiger partial charge in [-0.2, -0.15) is 19.6 Å². The predicted octanol–water partition coefficient (Wildman–Crippen LogP) is 7.64. The van der Waals surface area contributed by atoms with Crippen molar-refractivity contribution in [3.8, 4) is 11.1 Å². The maximum Gasteiger partial charge on any atom is 0.411 e. The first kappa shape index (κ1) is 31.5. The summed E-state index contributed by atoms with van der Waals surface area (Å²) in [7, 11) is -1.34. The van der Waals surface area contributed by atoms with Crippen molar-refractivity contribution in [3.63, 3.8) is 0 Å². The minimum Gasteiger partial charge on any atom is -0.478 e. The van der Waals surface area contributed by atoms with Crippen LogP contribution in [-0.4, -0.2) is 47.7 Å². The van der Waals surface area contributed by atoms with Gasteiger partial charge < -0.3 is 25.9 Å². The van der Waals surface area contributed by atoms with Crippen LogP contribution in [0.5, 0.6) is 0 Å². The summed E-state index contributed by atoms with van der Waals surface area (Å²) in [5.41, 5.74) is 11.5. The van der Waals surface area contributed by atoms with E-state index in [0.717, 1.165) is 39.2 Å². The number of anilines is 2. The van der Waals surface area contributed by atoms with E-state index in [0.29, 0.717) is 33.9 Å². The number of carbonyl (C=O) groups excluding carboxylic acids is 2. The molecule has 0 bridgehead atoms. The van der Waals surface area contributed by atoms with Crippen molar-refractivity contribution < 1.29 is 24.2 Å². The minimum absolute atomic E-state index is 0.0982. The molecule has 2 amide bonds. The number of hydrogen-bond acceptors (Lipinski definition) is 6. The standard InChI is InChI=1S/C33H34ClN5O5Si/c1-18-22(6-5-7-26(18)36-16-19-8-9-20(34)14-24(19)32(41)42)25-17-37-30(31(35)40)29-28(25)23-11-10-21(15-27(23)39-29)38-33(43)44-12-13-45(2,3)4/h5-11,14-15,17,36,39H,12-13,16H2,1-4H3,(H2,35,40)(H,38,43)(H,41,42)/q-1. The number of nitrogens with zero attached hydrogens (tertiary/aromatic N) is 1. The molecule has 0 fully saturated rings. The molecular formula is C33H34ClN5O5Si-. The van der Waals surface area contributed by atoms with Crippen molar-refractivity contribution >= 4 is 70.8 Å². The largest absolute Gasteiger partial charge is 0.478 e. The van der Waals surface area contributed by atoms with Gasteiger partial charge in [0, 0.05) is 51.0 Å². The summed E-state index contributed by atoms with van der Waals surface area (Å²) in [5.74, 6) is -1.73. The monoisotopic (exact) mass is 643 g/mol. The average Bonchev–Trinajstić information content (AvgIpc) is 3.34. The molecule has 6 N–H and O–H groups in total. The molecule has 0 aliphatic rings. The van der Waals surface area contributed by atoms with E-state index in [1.54, 1.807) is 30.5 Å². The number of aromatic nitrogens is 2. The van der Waals surface area contributed by atoms with Gasteiger partial charge >= 0.3 is 12.1 Å². The molecule has 0 atom stereocenters. The molecule has 0 saturated heterocycles. The zero-order valence-corrected chi connectivity index (χ0v) is 27.1. The van der Waals surface area contributed by atoms with E-state index in [9.17, 15) is 19.5 Å². The third kappa shape index (κ3) is 6.94. The zero-order chi connectivity index (χ0) is 32.5. The van der Waals surface area contributed by atoms with E-state index in [2.05, 4.69) is 40.2 Å². The highest BCUT2D eigenvalue weighted by Gasteiger charge is 2.20. The fourth-order valence-electron chi connectivity index (χ4n) is 5.20. The molecule has 2 aromatic heterocycles. The molecule has 3 aromatic carbocycles. The van der Waals surface area contributed by atoms with Crippen LogP contribution in [0.25, 0.3) is 32.9 Å². The number of aromatic carboxylic acids is 1. The quantitative estimate of drug-likeness (QED) is 0.0977. The third-order valence-corrected chi connectivity index (χ3v) is 9.53. The molecule has 2 heterocycles. The molecule has 0 saturated carbocycles. The Balaban J connectivity index is 1.50. The van der Waals surface area contributed by atoms with Crippen LogP contribution in [0.1, 0.15) is 32.0 Å². The van der Waals surface area contributed by atoms with Crippen LogP contribution < -0.4 is 16.4 Å². The number of amides is 2. The summed E-state index contributed by atoms with van der Waals surface area (Å²) in [6.45, 7) is 9.23. The van der Waals surface area contributed by atoms with Crippen molar-refractivity contribution in [2.45, 2.75) is 39.2 Å². The second kappa shape index (κ2) is 12.6. The number of carboxylic acid groups (broad SMARTS) is 1. The van der Waals surface area contributed by atoms with Gasteiger partial charge in [0.15, 0.2) is 5.69 Å². The SMILES string of the molecule is Cc1c(NCc2ccc(Cl)cc2C(=O)O)cccc1-c1cnc(C(N)=O)c2[nH]c3cc(NC(=O)OCC[Si-](C)(C)C)ccc3c12. The van der Waals surface area contributed by atoms with Crippen molar-refractivity contribution in [1.29, 1.82) is 0 Å². The number of ether oxygens (including phenoxy) is 1. The molecule has 0 unspecified atom stereocenters. The fourth-order valence-corrected chi connectivity index (χ4v) is 6.08. The molecule has 12 heteroatoms. The van der Waals surface area contributed by atoms with Gasteiger partial charge in [-0.1, -0.05) is 35.9 Å². The van der Waals surface area contributed by atoms with E-state index in [4.69, 9.17) is 22.1 Å². The van der Waals surface area contributed by atoms with Gasteiger partial charge in [-0.25, -0.2) is 14.6 Å². The highest BCUT2D eigenvalue weighted by molar-refractivity contribution is 6.76. The van der Waals surface area contributed by atoms with E-state index in [1.165, 1.54) is 6.07 Å². The van der Waals surface area contributed by atoms with Gasteiger partial charge in [0.2, 0.25) is 0 Å². The summed E-state index contributed by atoms with van der Waals surface area (Å²) in [4.78, 5) is 44.3. The van der Waals surface area contributed by atoms with Gasteiger partial charge in [-0.3, -0.25) is 10.1 Å². The van der Waals surface area contributed by atoms with Crippen molar-refractivity contribution in [1.82, 2.24) is 9.97 Å². The second-order valence-electron chi connectivity index (χ2n) is 12.0. The lowest BCUT2D eigenvalue weighted by atomic mass is 9.95. The van der Waals surface area contributed by atoms with Crippen LogP contribution in [0.4, 0.5) is 16.2 Å². The zero-order valence-electron chi connectivity index (χ0n) is 25.4. The number of fused-ring (bicyclic) bond motifs is 3. The Kier molecular flexibility index (Phi) is 8.85. The summed E-state index contributed by atoms with van der Waals surface area (Å²) >= 11 is 6.02. The number of primary amides is 1. The Labute approximate surface area is 266 Å². The first-order chi connectivity index (χ1) is 21.3. The summed E-state index contributed by atoms with van der Waals surface area (Å²) < 4.78 is 5.38. The smallest absolute Gasteiger partial charge is 0.411 e. The normalized spacial score (nSPS) is 11.5. The van der Waals surface area contributed by atoms with Crippen molar-refractivity contribution in [2.75, 3.05) is 17.2 Å². The third-order valence-electron chi connectivity index (χ3n) is 7.59. The summed E-state index contributed by atoms with van der Waals surface area (Å²) in [6, 6.07) is 16.8. The number of hydrogen-bond donors (Lipinski definition) is 5. The summed E-state index contributed by atoms with van der Waals surface area (Å²) in [5, 5.41) is 17.7. The summed E-state index contributed by atoms with van der Waals surface area (Å²) in [6.07, 6.45) is 1.10. The van der Waals surface area contributed by atoms with Gasteiger partial charge in [0.1, 0.15) is 0 Å².